The number of carbonyl (C=O) groups is 2. The molecule has 0 saturated carbocycles. The molecule has 6 heterocycles. The fraction of sp³-hybridized carbons (Fsp3) is 0.391. The lowest BCUT2D eigenvalue weighted by atomic mass is 10.1. The van der Waals surface area contributed by atoms with Gasteiger partial charge >= 0.3 is 0 Å². The molecule has 20 heteroatoms. The average Bonchev–Trinajstić information content (AvgIpc) is 4.06. The number of nitrogens with zero attached hydrogens (tertiary/aromatic N) is 9. The van der Waals surface area contributed by atoms with Gasteiger partial charge in [-0.2, -0.15) is 10.2 Å². The van der Waals surface area contributed by atoms with Crippen molar-refractivity contribution in [2.24, 2.45) is 14.1 Å². The first kappa shape index (κ1) is 48.2. The fourth-order valence-electron chi connectivity index (χ4n) is 7.44. The van der Waals surface area contributed by atoms with Crippen molar-refractivity contribution in [3.05, 3.63) is 82.4 Å². The van der Waals surface area contributed by atoms with Crippen molar-refractivity contribution in [3.63, 3.8) is 0 Å². The zero-order chi connectivity index (χ0) is 47.3. The van der Waals surface area contributed by atoms with Gasteiger partial charge in [-0.05, 0) is 55.3 Å². The standard InChI is InChI=1S/C26H35ClN6O3Si.C20H21ClN6O2/c1-7-18(15-35-3)29-26(34)20-14-33(16-36-10-11-37(4,5)6)25-24(20)30-21(13-28-25)23-19-9-8-17(27)12-22(19)32(2)31-23;1-4-12(10-29-3)24-20(28)14-8-22-19-18(14)25-15(9-23-19)17-13-6-5-11(21)7-16(13)27(2)26-17/h8-9,12-14,18H,7,10-11,15-16H2,1-6H3,(H,29,34);5-9,12H,4,10H2,1-3H3,(H,22,23)(H,24,28)/t18-;12-/m11/s1. The van der Waals surface area contributed by atoms with Gasteiger partial charge in [0.05, 0.1) is 59.9 Å². The van der Waals surface area contributed by atoms with Gasteiger partial charge in [0.15, 0.2) is 11.3 Å². The van der Waals surface area contributed by atoms with Crippen LogP contribution in [0.3, 0.4) is 0 Å². The molecule has 348 valence electrons. The van der Waals surface area contributed by atoms with E-state index in [1.165, 1.54) is 0 Å². The van der Waals surface area contributed by atoms with Crippen LogP contribution in [-0.4, -0.2) is 115 Å². The van der Waals surface area contributed by atoms with E-state index in [4.69, 9.17) is 52.4 Å². The number of aryl methyl sites for hydroxylation is 2. The smallest absolute Gasteiger partial charge is 0.255 e. The normalized spacial score (nSPS) is 12.8. The highest BCUT2D eigenvalue weighted by Crippen LogP contribution is 2.31. The van der Waals surface area contributed by atoms with Crippen LogP contribution in [-0.2, 0) is 35.0 Å². The number of amides is 2. The topological polar surface area (TPSA) is 194 Å². The van der Waals surface area contributed by atoms with E-state index in [9.17, 15) is 9.59 Å². The van der Waals surface area contributed by atoms with Gasteiger partial charge < -0.3 is 34.4 Å². The van der Waals surface area contributed by atoms with E-state index in [2.05, 4.69) is 50.4 Å². The molecule has 0 spiro atoms. The van der Waals surface area contributed by atoms with Gasteiger partial charge in [0.2, 0.25) is 0 Å². The molecule has 2 atom stereocenters. The summed E-state index contributed by atoms with van der Waals surface area (Å²) >= 11 is 12.3. The van der Waals surface area contributed by atoms with E-state index in [0.29, 0.717) is 92.8 Å². The van der Waals surface area contributed by atoms with Crippen molar-refractivity contribution in [1.29, 1.82) is 0 Å². The van der Waals surface area contributed by atoms with E-state index < -0.39 is 8.07 Å². The molecule has 0 bridgehead atoms. The van der Waals surface area contributed by atoms with Crippen molar-refractivity contribution in [1.82, 2.24) is 59.7 Å². The van der Waals surface area contributed by atoms with Crippen LogP contribution in [0.25, 0.3) is 66.9 Å². The number of aromatic nitrogens is 10. The Labute approximate surface area is 393 Å². The summed E-state index contributed by atoms with van der Waals surface area (Å²) in [6.07, 6.45) is 8.25. The number of carbonyl (C=O) groups excluding carboxylic acids is 2. The Morgan fingerprint density at radius 2 is 1.30 bits per heavy atom. The van der Waals surface area contributed by atoms with Gasteiger partial charge in [-0.1, -0.05) is 56.7 Å². The maximum atomic E-state index is 13.4. The average molecular weight is 956 g/mol. The van der Waals surface area contributed by atoms with Crippen LogP contribution >= 0.6 is 23.2 Å². The van der Waals surface area contributed by atoms with Crippen molar-refractivity contribution >= 4 is 87.2 Å². The van der Waals surface area contributed by atoms with Crippen molar-refractivity contribution in [3.8, 4) is 22.8 Å². The Hall–Kier alpha value is -5.76. The third-order valence-corrected chi connectivity index (χ3v) is 13.3. The minimum atomic E-state index is -1.22. The number of fused-ring (bicyclic) bond motifs is 4. The summed E-state index contributed by atoms with van der Waals surface area (Å²) in [7, 11) is 5.74. The van der Waals surface area contributed by atoms with Crippen LogP contribution in [0.5, 0.6) is 0 Å². The van der Waals surface area contributed by atoms with E-state index in [-0.39, 0.29) is 23.9 Å². The van der Waals surface area contributed by atoms with Crippen molar-refractivity contribution in [2.45, 2.75) is 71.2 Å². The van der Waals surface area contributed by atoms with Crippen molar-refractivity contribution in [2.75, 3.05) is 34.0 Å². The van der Waals surface area contributed by atoms with Crippen LogP contribution in [0.4, 0.5) is 0 Å². The predicted octanol–water partition coefficient (Wildman–Crippen LogP) is 8.43. The highest BCUT2D eigenvalue weighted by molar-refractivity contribution is 6.76. The molecule has 17 nitrogen and oxygen atoms in total. The molecule has 0 aliphatic rings. The number of halogens is 2. The number of rotatable bonds is 17. The summed E-state index contributed by atoms with van der Waals surface area (Å²) in [6.45, 7) is 12.8. The molecule has 8 aromatic rings. The molecular weight excluding hydrogens is 900 g/mol. The number of methoxy groups -OCH3 is 2. The maximum Gasteiger partial charge on any atom is 0.255 e. The lowest BCUT2D eigenvalue weighted by molar-refractivity contribution is 0.0874. The number of H-pyrrole nitrogens is 1. The number of benzene rings is 2. The highest BCUT2D eigenvalue weighted by atomic mass is 35.5. The Balaban J connectivity index is 0.000000202. The van der Waals surface area contributed by atoms with Crippen LogP contribution in [0.1, 0.15) is 47.4 Å². The minimum Gasteiger partial charge on any atom is -0.383 e. The first-order chi connectivity index (χ1) is 31.6. The second-order valence-corrected chi connectivity index (χ2v) is 23.8. The molecule has 0 fully saturated rings. The van der Waals surface area contributed by atoms with E-state index >= 15 is 0 Å². The summed E-state index contributed by atoms with van der Waals surface area (Å²) in [5, 5.41) is 18.4. The third-order valence-electron chi connectivity index (χ3n) is 11.2. The zero-order valence-electron chi connectivity index (χ0n) is 38.7. The molecule has 2 amide bonds. The molecule has 66 heavy (non-hydrogen) atoms. The Bertz CT molecular complexity index is 3010. The van der Waals surface area contributed by atoms with Crippen LogP contribution in [0.15, 0.2) is 61.2 Å². The maximum absolute atomic E-state index is 13.4. The number of hydrogen-bond donors (Lipinski definition) is 3. The summed E-state index contributed by atoms with van der Waals surface area (Å²) in [5.74, 6) is -0.442. The lowest BCUT2D eigenvalue weighted by Gasteiger charge is -2.15. The Kier molecular flexibility index (Phi) is 15.2. The lowest BCUT2D eigenvalue weighted by Crippen LogP contribution is -2.37. The molecular formula is C46H56Cl2N12O5Si. The SMILES string of the molecule is CC[C@H](COC)NC(=O)c1c[nH]c2ncc(-c3nn(C)c4cc(Cl)ccc34)nc12.CC[C@H](COC)NC(=O)c1cn(COCC[Si](C)(C)C)c2ncc(-c3nn(C)c4cc(Cl)ccc34)nc12. The van der Waals surface area contributed by atoms with Crippen LogP contribution in [0, 0.1) is 0 Å². The number of aromatic amines is 1. The second-order valence-electron chi connectivity index (χ2n) is 17.3. The minimum absolute atomic E-state index is 0.0712. The summed E-state index contributed by atoms with van der Waals surface area (Å²) in [4.78, 5) is 47.9. The van der Waals surface area contributed by atoms with E-state index in [1.807, 2.05) is 68.9 Å². The van der Waals surface area contributed by atoms with Gasteiger partial charge in [-0.3, -0.25) is 19.0 Å². The monoisotopic (exact) mass is 954 g/mol. The van der Waals surface area contributed by atoms with Gasteiger partial charge in [-0.25, -0.2) is 19.9 Å². The predicted molar refractivity (Wildman–Crippen MR) is 262 cm³/mol. The van der Waals surface area contributed by atoms with Gasteiger partial charge in [0.25, 0.3) is 11.8 Å². The quantitative estimate of drug-likeness (QED) is 0.0586. The Morgan fingerprint density at radius 1 is 0.773 bits per heavy atom. The molecule has 6 aromatic heterocycles. The Morgan fingerprint density at radius 3 is 1.83 bits per heavy atom. The molecule has 8 rings (SSSR count). The molecule has 0 saturated heterocycles. The number of nitrogens with one attached hydrogen (secondary N) is 3. The first-order valence-corrected chi connectivity index (χ1v) is 26.2. The van der Waals surface area contributed by atoms with Gasteiger partial charge in [0.1, 0.15) is 40.5 Å². The number of hydrogen-bond acceptors (Lipinski definition) is 11. The van der Waals surface area contributed by atoms with E-state index in [0.717, 1.165) is 40.7 Å². The molecule has 0 aliphatic carbocycles. The van der Waals surface area contributed by atoms with Gasteiger partial charge in [0, 0.05) is 76.2 Å². The van der Waals surface area contributed by atoms with E-state index in [1.54, 1.807) is 48.4 Å². The van der Waals surface area contributed by atoms with Crippen LogP contribution < -0.4 is 10.6 Å². The second kappa shape index (κ2) is 20.8. The van der Waals surface area contributed by atoms with Gasteiger partial charge in [-0.15, -0.1) is 0 Å². The first-order valence-electron chi connectivity index (χ1n) is 21.7. The summed E-state index contributed by atoms with van der Waals surface area (Å²) in [5.41, 5.74) is 7.33. The summed E-state index contributed by atoms with van der Waals surface area (Å²) < 4.78 is 21.8. The fourth-order valence-corrected chi connectivity index (χ4v) is 8.53. The molecule has 2 aromatic carbocycles. The number of ether oxygens (including phenoxy) is 3. The molecule has 0 aliphatic heterocycles. The molecule has 0 unspecified atom stereocenters. The van der Waals surface area contributed by atoms with Crippen molar-refractivity contribution < 1.29 is 23.8 Å². The third kappa shape index (κ3) is 10.7. The summed E-state index contributed by atoms with van der Waals surface area (Å²) in [6, 6.07) is 12.1. The largest absolute Gasteiger partial charge is 0.383 e. The molecule has 3 N–H and O–H groups in total. The highest BCUT2D eigenvalue weighted by Gasteiger charge is 2.24. The zero-order valence-corrected chi connectivity index (χ0v) is 41.2. The van der Waals surface area contributed by atoms with Crippen LogP contribution in [0.2, 0.25) is 35.7 Å². The molecule has 0 radical (unpaired) electrons.